The maximum absolute atomic E-state index is 5.64. The minimum Gasteiger partial charge on any atom is -0.473 e. The summed E-state index contributed by atoms with van der Waals surface area (Å²) in [6, 6.07) is 9.48. The lowest BCUT2D eigenvalue weighted by molar-refractivity contribution is 0.0598. The van der Waals surface area contributed by atoms with Crippen molar-refractivity contribution in [2.24, 2.45) is 5.73 Å². The molecule has 0 aromatic heterocycles. The Morgan fingerprint density at radius 1 is 1.31 bits per heavy atom. The second-order valence-corrected chi connectivity index (χ2v) is 2.63. The first-order valence-corrected chi connectivity index (χ1v) is 4.38. The predicted molar refractivity (Wildman–Crippen MR) is 51.5 cm³/mol. The summed E-state index contributed by atoms with van der Waals surface area (Å²) in [6.07, 6.45) is -0.387. The number of ether oxygens (including phenoxy) is 2. The third kappa shape index (κ3) is 3.92. The minimum absolute atomic E-state index is 0.387. The molecule has 13 heavy (non-hydrogen) atoms. The highest BCUT2D eigenvalue weighted by Crippen LogP contribution is 2.09. The van der Waals surface area contributed by atoms with Gasteiger partial charge in [0.15, 0.2) is 6.23 Å². The highest BCUT2D eigenvalue weighted by atomic mass is 16.5. The molecule has 0 bridgehead atoms. The van der Waals surface area contributed by atoms with E-state index < -0.39 is 0 Å². The van der Waals surface area contributed by atoms with Crippen molar-refractivity contribution >= 4 is 0 Å². The normalized spacial score (nSPS) is 12.5. The number of para-hydroxylation sites is 1. The van der Waals surface area contributed by atoms with E-state index in [9.17, 15) is 0 Å². The fraction of sp³-hybridized carbons (Fsp3) is 0.400. The molecule has 0 saturated carbocycles. The van der Waals surface area contributed by atoms with Gasteiger partial charge in [-0.3, -0.25) is 5.73 Å². The third-order valence-electron chi connectivity index (χ3n) is 1.52. The Balaban J connectivity index is 2.32. The molecule has 0 heterocycles. The molecule has 1 aromatic carbocycles. The summed E-state index contributed by atoms with van der Waals surface area (Å²) in [5.74, 6) is 0.773. The molecule has 0 aliphatic heterocycles. The van der Waals surface area contributed by atoms with Gasteiger partial charge in [-0.15, -0.1) is 0 Å². The first-order chi connectivity index (χ1) is 6.33. The zero-order chi connectivity index (χ0) is 9.52. The Hall–Kier alpha value is -1.06. The zero-order valence-electron chi connectivity index (χ0n) is 7.77. The van der Waals surface area contributed by atoms with Gasteiger partial charge in [0.1, 0.15) is 5.75 Å². The van der Waals surface area contributed by atoms with Gasteiger partial charge in [-0.05, 0) is 19.1 Å². The van der Waals surface area contributed by atoms with Crippen molar-refractivity contribution in [1.82, 2.24) is 0 Å². The van der Waals surface area contributed by atoms with Crippen molar-refractivity contribution in [3.8, 4) is 5.75 Å². The van der Waals surface area contributed by atoms with Crippen molar-refractivity contribution in [2.75, 3.05) is 13.2 Å². The Labute approximate surface area is 78.5 Å². The van der Waals surface area contributed by atoms with Crippen LogP contribution in [0.3, 0.4) is 0 Å². The average Bonchev–Trinajstić information content (AvgIpc) is 2.16. The smallest absolute Gasteiger partial charge is 0.171 e. The van der Waals surface area contributed by atoms with E-state index in [-0.39, 0.29) is 6.23 Å². The topological polar surface area (TPSA) is 44.5 Å². The molecule has 2 N–H and O–H groups in total. The molecule has 0 fully saturated rings. The number of hydrogen-bond acceptors (Lipinski definition) is 3. The Bertz CT molecular complexity index is 226. The van der Waals surface area contributed by atoms with Crippen molar-refractivity contribution < 1.29 is 9.47 Å². The van der Waals surface area contributed by atoms with Crippen LogP contribution in [-0.4, -0.2) is 19.4 Å². The van der Waals surface area contributed by atoms with Crippen LogP contribution in [0.1, 0.15) is 6.92 Å². The van der Waals surface area contributed by atoms with Gasteiger partial charge in [0.2, 0.25) is 0 Å². The van der Waals surface area contributed by atoms with E-state index in [4.69, 9.17) is 15.2 Å². The number of rotatable bonds is 5. The molecule has 3 heteroatoms. The summed E-state index contributed by atoms with van der Waals surface area (Å²) < 4.78 is 10.5. The molecular weight excluding hydrogens is 166 g/mol. The van der Waals surface area contributed by atoms with Crippen LogP contribution in [0.4, 0.5) is 0 Å². The van der Waals surface area contributed by atoms with Gasteiger partial charge in [-0.1, -0.05) is 18.2 Å². The molecule has 0 spiro atoms. The van der Waals surface area contributed by atoms with E-state index in [1.165, 1.54) is 0 Å². The van der Waals surface area contributed by atoms with E-state index >= 15 is 0 Å². The van der Waals surface area contributed by atoms with Crippen LogP contribution in [0.2, 0.25) is 0 Å². The number of hydrogen-bond donors (Lipinski definition) is 1. The van der Waals surface area contributed by atoms with Crippen LogP contribution < -0.4 is 10.5 Å². The van der Waals surface area contributed by atoms with Gasteiger partial charge in [0.25, 0.3) is 0 Å². The highest BCUT2D eigenvalue weighted by Gasteiger charge is 2.02. The third-order valence-corrected chi connectivity index (χ3v) is 1.52. The van der Waals surface area contributed by atoms with E-state index in [0.717, 1.165) is 5.75 Å². The first kappa shape index (κ1) is 10.0. The van der Waals surface area contributed by atoms with E-state index in [0.29, 0.717) is 13.2 Å². The summed E-state index contributed by atoms with van der Waals surface area (Å²) >= 11 is 0. The standard InChI is InChI=1S/C10H15NO2/c1-2-12-8-10(11)13-9-6-4-3-5-7-9/h3-7,10H,2,8,11H2,1H3. The molecule has 0 aliphatic rings. The van der Waals surface area contributed by atoms with Gasteiger partial charge in [0, 0.05) is 6.61 Å². The molecule has 0 aliphatic carbocycles. The molecular formula is C10H15NO2. The van der Waals surface area contributed by atoms with Gasteiger partial charge in [-0.2, -0.15) is 0 Å². The van der Waals surface area contributed by atoms with Crippen LogP contribution in [0.25, 0.3) is 0 Å². The molecule has 1 rings (SSSR count). The van der Waals surface area contributed by atoms with Crippen molar-refractivity contribution in [2.45, 2.75) is 13.2 Å². The summed E-state index contributed by atoms with van der Waals surface area (Å²) in [4.78, 5) is 0. The van der Waals surface area contributed by atoms with Gasteiger partial charge >= 0.3 is 0 Å². The monoisotopic (exact) mass is 181 g/mol. The number of benzene rings is 1. The molecule has 1 unspecified atom stereocenters. The lowest BCUT2D eigenvalue weighted by Crippen LogP contribution is -2.32. The molecule has 0 radical (unpaired) electrons. The quantitative estimate of drug-likeness (QED) is 0.698. The van der Waals surface area contributed by atoms with Crippen molar-refractivity contribution in [1.29, 1.82) is 0 Å². The second kappa shape index (κ2) is 5.56. The maximum atomic E-state index is 5.64. The van der Waals surface area contributed by atoms with Crippen LogP contribution >= 0.6 is 0 Å². The van der Waals surface area contributed by atoms with Gasteiger partial charge < -0.3 is 9.47 Å². The summed E-state index contributed by atoms with van der Waals surface area (Å²) in [5, 5.41) is 0. The predicted octanol–water partition coefficient (Wildman–Crippen LogP) is 1.39. The van der Waals surface area contributed by atoms with Crippen LogP contribution in [0, 0.1) is 0 Å². The Morgan fingerprint density at radius 3 is 2.62 bits per heavy atom. The average molecular weight is 181 g/mol. The fourth-order valence-corrected chi connectivity index (χ4v) is 0.942. The van der Waals surface area contributed by atoms with Gasteiger partial charge in [-0.25, -0.2) is 0 Å². The molecule has 0 amide bonds. The second-order valence-electron chi connectivity index (χ2n) is 2.63. The highest BCUT2D eigenvalue weighted by molar-refractivity contribution is 5.21. The fourth-order valence-electron chi connectivity index (χ4n) is 0.942. The summed E-state index contributed by atoms with van der Waals surface area (Å²) in [6.45, 7) is 3.01. The van der Waals surface area contributed by atoms with Gasteiger partial charge in [0.05, 0.1) is 6.61 Å². The van der Waals surface area contributed by atoms with Crippen molar-refractivity contribution in [3.63, 3.8) is 0 Å². The van der Waals surface area contributed by atoms with E-state index in [1.54, 1.807) is 0 Å². The maximum Gasteiger partial charge on any atom is 0.171 e. The molecule has 72 valence electrons. The number of nitrogens with two attached hydrogens (primary N) is 1. The van der Waals surface area contributed by atoms with Crippen LogP contribution in [-0.2, 0) is 4.74 Å². The van der Waals surface area contributed by atoms with Crippen LogP contribution in [0.5, 0.6) is 5.75 Å². The first-order valence-electron chi connectivity index (χ1n) is 4.38. The lowest BCUT2D eigenvalue weighted by atomic mass is 10.3. The van der Waals surface area contributed by atoms with E-state index in [1.807, 2.05) is 37.3 Å². The minimum atomic E-state index is -0.387. The van der Waals surface area contributed by atoms with Crippen LogP contribution in [0.15, 0.2) is 30.3 Å². The molecule has 1 atom stereocenters. The SMILES string of the molecule is CCOCC(N)Oc1ccccc1. The van der Waals surface area contributed by atoms with E-state index in [2.05, 4.69) is 0 Å². The molecule has 1 aromatic rings. The summed E-state index contributed by atoms with van der Waals surface area (Å²) in [5.41, 5.74) is 5.64. The van der Waals surface area contributed by atoms with Crippen molar-refractivity contribution in [3.05, 3.63) is 30.3 Å². The Kier molecular flexibility index (Phi) is 4.29. The lowest BCUT2D eigenvalue weighted by Gasteiger charge is -2.13. The molecule has 3 nitrogen and oxygen atoms in total. The Morgan fingerprint density at radius 2 is 2.00 bits per heavy atom. The largest absolute Gasteiger partial charge is 0.473 e. The molecule has 0 saturated heterocycles. The zero-order valence-corrected chi connectivity index (χ0v) is 7.77. The summed E-state index contributed by atoms with van der Waals surface area (Å²) in [7, 11) is 0.